The van der Waals surface area contributed by atoms with Crippen LogP contribution in [0.1, 0.15) is 47.4 Å². The lowest BCUT2D eigenvalue weighted by atomic mass is 9.86. The Morgan fingerprint density at radius 1 is 1.14 bits per heavy atom. The number of anilines is 1. The molecule has 5 rings (SSSR count). The van der Waals surface area contributed by atoms with Crippen molar-refractivity contribution < 1.29 is 37.5 Å². The summed E-state index contributed by atoms with van der Waals surface area (Å²) in [6.45, 7) is 5.25. The fraction of sp³-hybridized carbons (Fsp3) is 0.292. The van der Waals surface area contributed by atoms with Gasteiger partial charge in [-0.1, -0.05) is 29.4 Å². The van der Waals surface area contributed by atoms with Crippen LogP contribution in [0.2, 0.25) is 0 Å². The van der Waals surface area contributed by atoms with Crippen molar-refractivity contribution in [3.05, 3.63) is 58.6 Å². The largest absolute Gasteiger partial charge is 0.480 e. The molecule has 0 aliphatic carbocycles. The minimum atomic E-state index is -1.35. The van der Waals surface area contributed by atoms with Crippen LogP contribution in [0, 0.1) is 25.7 Å². The summed E-state index contributed by atoms with van der Waals surface area (Å²) in [4.78, 5) is 32.3. The van der Waals surface area contributed by atoms with Gasteiger partial charge < -0.3 is 27.9 Å². The first-order chi connectivity index (χ1) is 17.3. The second-order valence-electron chi connectivity index (χ2n) is 8.28. The number of aliphatic carboxylic acids is 1. The number of nitrogens with zero attached hydrogens (tertiary/aromatic N) is 3. The number of hydrogen-bond donors (Lipinski definition) is 2. The van der Waals surface area contributed by atoms with Crippen molar-refractivity contribution in [2.45, 2.75) is 32.3 Å². The maximum Gasteiger partial charge on any atom is 0.412 e. The van der Waals surface area contributed by atoms with Gasteiger partial charge in [0.2, 0.25) is 11.7 Å². The summed E-state index contributed by atoms with van der Waals surface area (Å²) in [6.07, 6.45) is -1.18. The third-order valence-electron chi connectivity index (χ3n) is 5.77. The molecule has 12 heteroatoms. The predicted molar refractivity (Wildman–Crippen MR) is 121 cm³/mol. The second kappa shape index (κ2) is 8.86. The van der Waals surface area contributed by atoms with E-state index in [2.05, 4.69) is 32.3 Å². The minimum Gasteiger partial charge on any atom is -0.480 e. The standard InChI is InChI=1S/C24H20N4O8/c1-12-6-4-5-7-15(12)14(3)33-23(31)26-18-13(2)28-36-16(18)8-9-17-25-19-20(34-17)27-21(35-19)24(22(29)30)10-32-11-24/h4-7,14H,10-11H2,1-3H3,(H,26,31)(H,29,30). The van der Waals surface area contributed by atoms with Gasteiger partial charge in [0, 0.05) is 5.92 Å². The number of rotatable bonds is 5. The number of oxazole rings is 2. The number of carboxylic acid groups (broad SMARTS) is 1. The molecule has 0 saturated carbocycles. The van der Waals surface area contributed by atoms with Gasteiger partial charge in [-0.05, 0) is 37.8 Å². The van der Waals surface area contributed by atoms with E-state index in [0.29, 0.717) is 5.69 Å². The molecule has 1 aliphatic rings. The van der Waals surface area contributed by atoms with Crippen LogP contribution in [0.25, 0.3) is 11.4 Å². The molecule has 0 radical (unpaired) electrons. The number of carbonyl (C=O) groups is 2. The number of carbonyl (C=O) groups excluding carboxylic acids is 1. The Bertz CT molecular complexity index is 1500. The van der Waals surface area contributed by atoms with Gasteiger partial charge in [0.1, 0.15) is 17.5 Å². The lowest BCUT2D eigenvalue weighted by Crippen LogP contribution is -2.53. The first kappa shape index (κ1) is 23.1. The van der Waals surface area contributed by atoms with Gasteiger partial charge in [0.05, 0.1) is 13.2 Å². The average Bonchev–Trinajstić information content (AvgIpc) is 3.45. The Balaban J connectivity index is 1.31. The number of aryl methyl sites for hydroxylation is 2. The molecule has 1 saturated heterocycles. The van der Waals surface area contributed by atoms with Crippen LogP contribution in [0.3, 0.4) is 0 Å². The number of nitrogens with one attached hydrogen (secondary N) is 1. The molecule has 0 spiro atoms. The van der Waals surface area contributed by atoms with Crippen molar-refractivity contribution in [1.29, 1.82) is 0 Å². The van der Waals surface area contributed by atoms with Crippen molar-refractivity contribution in [2.24, 2.45) is 0 Å². The van der Waals surface area contributed by atoms with Gasteiger partial charge in [0.15, 0.2) is 5.41 Å². The smallest absolute Gasteiger partial charge is 0.412 e. The highest BCUT2D eigenvalue weighted by molar-refractivity contribution is 5.87. The molecule has 1 amide bonds. The van der Waals surface area contributed by atoms with Gasteiger partial charge >= 0.3 is 12.1 Å². The molecular weight excluding hydrogens is 472 g/mol. The van der Waals surface area contributed by atoms with Gasteiger partial charge in [-0.25, -0.2) is 4.79 Å². The van der Waals surface area contributed by atoms with Crippen molar-refractivity contribution in [2.75, 3.05) is 18.5 Å². The van der Waals surface area contributed by atoms with E-state index in [0.717, 1.165) is 11.1 Å². The number of aromatic nitrogens is 3. The lowest BCUT2D eigenvalue weighted by molar-refractivity contribution is -0.165. The number of benzene rings is 1. The average molecular weight is 492 g/mol. The Morgan fingerprint density at radius 2 is 1.89 bits per heavy atom. The summed E-state index contributed by atoms with van der Waals surface area (Å²) in [5.74, 6) is 4.21. The summed E-state index contributed by atoms with van der Waals surface area (Å²) in [5.41, 5.74) is 1.19. The van der Waals surface area contributed by atoms with Crippen LogP contribution in [0.5, 0.6) is 0 Å². The molecular formula is C24H20N4O8. The van der Waals surface area contributed by atoms with E-state index in [4.69, 9.17) is 22.8 Å². The Morgan fingerprint density at radius 3 is 2.56 bits per heavy atom. The highest BCUT2D eigenvalue weighted by Gasteiger charge is 2.52. The maximum absolute atomic E-state index is 12.5. The number of hydrogen-bond acceptors (Lipinski definition) is 10. The summed E-state index contributed by atoms with van der Waals surface area (Å²) in [6, 6.07) is 7.61. The van der Waals surface area contributed by atoms with Crippen molar-refractivity contribution >= 4 is 29.2 Å². The first-order valence-corrected chi connectivity index (χ1v) is 10.9. The van der Waals surface area contributed by atoms with E-state index < -0.39 is 23.6 Å². The first-order valence-electron chi connectivity index (χ1n) is 10.9. The second-order valence-corrected chi connectivity index (χ2v) is 8.28. The molecule has 1 unspecified atom stereocenters. The maximum atomic E-state index is 12.5. The summed E-state index contributed by atoms with van der Waals surface area (Å²) in [5, 5.41) is 15.9. The highest BCUT2D eigenvalue weighted by Crippen LogP contribution is 2.34. The van der Waals surface area contributed by atoms with E-state index >= 15 is 0 Å². The SMILES string of the molecule is Cc1ccccc1C(C)OC(=O)Nc1c(C)noc1C#Cc1nc2oc(C3(C(=O)O)COC3)nc2o1. The number of ether oxygens (including phenoxy) is 2. The van der Waals surface area contributed by atoms with Crippen LogP contribution in [0.4, 0.5) is 10.5 Å². The van der Waals surface area contributed by atoms with Crippen molar-refractivity contribution in [3.8, 4) is 11.8 Å². The summed E-state index contributed by atoms with van der Waals surface area (Å²) in [7, 11) is 0. The quantitative estimate of drug-likeness (QED) is 0.392. The molecule has 1 fully saturated rings. The van der Waals surface area contributed by atoms with Crippen LogP contribution >= 0.6 is 0 Å². The van der Waals surface area contributed by atoms with Crippen LogP contribution in [0.15, 0.2) is 37.6 Å². The van der Waals surface area contributed by atoms with E-state index in [-0.39, 0.29) is 47.9 Å². The van der Waals surface area contributed by atoms with E-state index in [1.54, 1.807) is 13.8 Å². The number of fused-ring (bicyclic) bond motifs is 1. The van der Waals surface area contributed by atoms with E-state index in [1.165, 1.54) is 0 Å². The molecule has 184 valence electrons. The summed E-state index contributed by atoms with van der Waals surface area (Å²) < 4.78 is 26.7. The zero-order valence-corrected chi connectivity index (χ0v) is 19.4. The van der Waals surface area contributed by atoms with Crippen LogP contribution < -0.4 is 5.32 Å². The molecule has 3 aromatic heterocycles. The molecule has 12 nitrogen and oxygen atoms in total. The molecule has 2 N–H and O–H groups in total. The number of amides is 1. The third-order valence-corrected chi connectivity index (χ3v) is 5.77. The molecule has 1 atom stereocenters. The van der Waals surface area contributed by atoms with Crippen LogP contribution in [-0.2, 0) is 19.7 Å². The zero-order chi connectivity index (χ0) is 25.4. The Labute approximate surface area is 203 Å². The summed E-state index contributed by atoms with van der Waals surface area (Å²) >= 11 is 0. The fourth-order valence-electron chi connectivity index (χ4n) is 3.66. The third kappa shape index (κ3) is 4.05. The molecule has 36 heavy (non-hydrogen) atoms. The molecule has 1 aliphatic heterocycles. The van der Waals surface area contributed by atoms with E-state index in [9.17, 15) is 14.7 Å². The van der Waals surface area contributed by atoms with E-state index in [1.807, 2.05) is 31.2 Å². The van der Waals surface area contributed by atoms with Crippen molar-refractivity contribution in [3.63, 3.8) is 0 Å². The van der Waals surface area contributed by atoms with Gasteiger partial charge in [-0.2, -0.15) is 9.97 Å². The minimum absolute atomic E-state index is 0.00250. The Hall–Kier alpha value is -4.63. The molecule has 4 heterocycles. The molecule has 0 bridgehead atoms. The van der Waals surface area contributed by atoms with Gasteiger partial charge in [-0.15, -0.1) is 0 Å². The van der Waals surface area contributed by atoms with Gasteiger partial charge in [0.25, 0.3) is 17.3 Å². The zero-order valence-electron chi connectivity index (χ0n) is 19.4. The Kier molecular flexibility index (Phi) is 5.69. The predicted octanol–water partition coefficient (Wildman–Crippen LogP) is 3.48. The van der Waals surface area contributed by atoms with Gasteiger partial charge in [-0.3, -0.25) is 10.1 Å². The highest BCUT2D eigenvalue weighted by atomic mass is 16.6. The van der Waals surface area contributed by atoms with Crippen LogP contribution in [-0.4, -0.2) is 45.5 Å². The number of carboxylic acids is 1. The monoisotopic (exact) mass is 492 g/mol. The van der Waals surface area contributed by atoms with Crippen molar-refractivity contribution in [1.82, 2.24) is 15.1 Å². The molecule has 1 aromatic carbocycles. The normalized spacial score (nSPS) is 15.0. The fourth-order valence-corrected chi connectivity index (χ4v) is 3.66. The molecule has 4 aromatic rings. The topological polar surface area (TPSA) is 163 Å². The lowest BCUT2D eigenvalue weighted by Gasteiger charge is -2.33.